The largest absolute Gasteiger partial charge is 0.453 e. The van der Waals surface area contributed by atoms with Crippen LogP contribution in [0.5, 0.6) is 17.2 Å². The zero-order valence-corrected chi connectivity index (χ0v) is 9.51. The molecule has 0 N–H and O–H groups in total. The third-order valence-corrected chi connectivity index (χ3v) is 2.24. The number of hydrogen-bond donors (Lipinski definition) is 0. The lowest BCUT2D eigenvalue weighted by Crippen LogP contribution is -1.90. The fourth-order valence-corrected chi connectivity index (χ4v) is 1.46. The summed E-state index contributed by atoms with van der Waals surface area (Å²) in [7, 11) is 0. The van der Waals surface area contributed by atoms with E-state index in [2.05, 4.69) is 6.11 Å². The van der Waals surface area contributed by atoms with Crippen LogP contribution in [0.2, 0.25) is 0 Å². The summed E-state index contributed by atoms with van der Waals surface area (Å²) in [6.07, 6.45) is 7.30. The lowest BCUT2D eigenvalue weighted by molar-refractivity contribution is 0.433. The molecule has 0 amide bonds. The van der Waals surface area contributed by atoms with Gasteiger partial charge in [0.25, 0.3) is 0 Å². The molecule has 0 fully saturated rings. The van der Waals surface area contributed by atoms with Crippen molar-refractivity contribution >= 4 is 0 Å². The van der Waals surface area contributed by atoms with Crippen molar-refractivity contribution in [1.29, 1.82) is 0 Å². The number of benzene rings is 2. The van der Waals surface area contributed by atoms with E-state index in [1.165, 1.54) is 0 Å². The number of terminal acetylenes is 1. The van der Waals surface area contributed by atoms with Gasteiger partial charge in [-0.1, -0.05) is 30.7 Å². The smallest absolute Gasteiger partial charge is 0.182 e. The quantitative estimate of drug-likeness (QED) is 0.739. The second-order valence-corrected chi connectivity index (χ2v) is 3.59. The van der Waals surface area contributed by atoms with Gasteiger partial charge in [0, 0.05) is 0 Å². The maximum absolute atomic E-state index is 5.70. The standard InChI is InChI=1S/C15H12O2/c1-3-16-15-11-12(2)9-10-14(15)17-13-7-5-4-6-8-13/h1,4-11H,2H3. The second-order valence-electron chi connectivity index (χ2n) is 3.59. The summed E-state index contributed by atoms with van der Waals surface area (Å²) in [6.45, 7) is 1.97. The molecule has 0 saturated heterocycles. The molecule has 2 aromatic carbocycles. The molecule has 0 aliphatic heterocycles. The van der Waals surface area contributed by atoms with E-state index in [0.717, 1.165) is 11.3 Å². The minimum Gasteiger partial charge on any atom is -0.453 e. The Morgan fingerprint density at radius 1 is 1.00 bits per heavy atom. The molecule has 2 rings (SSSR count). The predicted octanol–water partition coefficient (Wildman–Crippen LogP) is 3.76. The van der Waals surface area contributed by atoms with Crippen LogP contribution in [0.15, 0.2) is 48.5 Å². The molecule has 0 heterocycles. The molecule has 0 aliphatic carbocycles. The Morgan fingerprint density at radius 3 is 2.47 bits per heavy atom. The molecule has 0 saturated carbocycles. The Balaban J connectivity index is 2.30. The number of ether oxygens (including phenoxy) is 2. The van der Waals surface area contributed by atoms with Crippen LogP contribution in [-0.4, -0.2) is 0 Å². The Hall–Kier alpha value is -2.40. The van der Waals surface area contributed by atoms with Gasteiger partial charge in [-0.2, -0.15) is 0 Å². The van der Waals surface area contributed by atoms with Crippen LogP contribution in [0.1, 0.15) is 5.56 Å². The Bertz CT molecular complexity index is 539. The van der Waals surface area contributed by atoms with E-state index in [-0.39, 0.29) is 0 Å². The van der Waals surface area contributed by atoms with Crippen molar-refractivity contribution < 1.29 is 9.47 Å². The zero-order valence-electron chi connectivity index (χ0n) is 9.51. The first-order valence-corrected chi connectivity index (χ1v) is 5.25. The lowest BCUT2D eigenvalue weighted by Gasteiger charge is -2.09. The summed E-state index contributed by atoms with van der Waals surface area (Å²) >= 11 is 0. The molecule has 0 spiro atoms. The van der Waals surface area contributed by atoms with Crippen LogP contribution in [0.25, 0.3) is 0 Å². The van der Waals surface area contributed by atoms with Gasteiger partial charge < -0.3 is 9.47 Å². The first-order valence-electron chi connectivity index (χ1n) is 5.25. The first-order chi connectivity index (χ1) is 8.29. The highest BCUT2D eigenvalue weighted by Crippen LogP contribution is 2.32. The van der Waals surface area contributed by atoms with Gasteiger partial charge in [-0.15, -0.1) is 0 Å². The maximum Gasteiger partial charge on any atom is 0.182 e. The van der Waals surface area contributed by atoms with Gasteiger partial charge in [-0.05, 0) is 36.8 Å². The van der Waals surface area contributed by atoms with E-state index >= 15 is 0 Å². The molecular formula is C15H12O2. The normalized spacial score (nSPS) is 9.41. The van der Waals surface area contributed by atoms with Crippen molar-refractivity contribution in [2.45, 2.75) is 6.92 Å². The van der Waals surface area contributed by atoms with Crippen LogP contribution in [0, 0.1) is 19.5 Å². The number of aryl methyl sites for hydroxylation is 1. The van der Waals surface area contributed by atoms with Gasteiger partial charge in [0.05, 0.1) is 0 Å². The van der Waals surface area contributed by atoms with Gasteiger partial charge in [-0.3, -0.25) is 0 Å². The second kappa shape index (κ2) is 5.09. The Labute approximate surface area is 101 Å². The van der Waals surface area contributed by atoms with E-state index < -0.39 is 0 Å². The van der Waals surface area contributed by atoms with Crippen molar-refractivity contribution in [3.63, 3.8) is 0 Å². The van der Waals surface area contributed by atoms with Crippen molar-refractivity contribution in [2.24, 2.45) is 0 Å². The van der Waals surface area contributed by atoms with Gasteiger partial charge in [0.1, 0.15) is 11.9 Å². The van der Waals surface area contributed by atoms with Crippen LogP contribution < -0.4 is 9.47 Å². The molecule has 0 radical (unpaired) electrons. The highest BCUT2D eigenvalue weighted by Gasteiger charge is 2.06. The molecule has 2 nitrogen and oxygen atoms in total. The average Bonchev–Trinajstić information content (AvgIpc) is 2.34. The van der Waals surface area contributed by atoms with Gasteiger partial charge in [0.15, 0.2) is 11.5 Å². The summed E-state index contributed by atoms with van der Waals surface area (Å²) in [6, 6.07) is 15.1. The van der Waals surface area contributed by atoms with E-state index in [0.29, 0.717) is 11.5 Å². The van der Waals surface area contributed by atoms with Crippen LogP contribution in [0.4, 0.5) is 0 Å². The van der Waals surface area contributed by atoms with Gasteiger partial charge in [0.2, 0.25) is 0 Å². The van der Waals surface area contributed by atoms with Crippen molar-refractivity contribution in [2.75, 3.05) is 0 Å². The summed E-state index contributed by atoms with van der Waals surface area (Å²) in [5.41, 5.74) is 1.07. The topological polar surface area (TPSA) is 18.5 Å². The molecule has 0 unspecified atom stereocenters. The SMILES string of the molecule is C#COc1cc(C)ccc1Oc1ccccc1. The fraction of sp³-hybridized carbons (Fsp3) is 0.0667. The lowest BCUT2D eigenvalue weighted by atomic mass is 10.2. The van der Waals surface area contributed by atoms with Gasteiger partial charge in [-0.25, -0.2) is 0 Å². The van der Waals surface area contributed by atoms with Crippen LogP contribution >= 0.6 is 0 Å². The number of rotatable bonds is 3. The van der Waals surface area contributed by atoms with Crippen molar-refractivity contribution in [1.82, 2.24) is 0 Å². The van der Waals surface area contributed by atoms with Crippen LogP contribution in [-0.2, 0) is 0 Å². The Morgan fingerprint density at radius 2 is 1.76 bits per heavy atom. The maximum atomic E-state index is 5.70. The molecule has 0 atom stereocenters. The predicted molar refractivity (Wildman–Crippen MR) is 67.2 cm³/mol. The number of hydrogen-bond acceptors (Lipinski definition) is 2. The third kappa shape index (κ3) is 2.79. The van der Waals surface area contributed by atoms with E-state index in [9.17, 15) is 0 Å². The summed E-state index contributed by atoms with van der Waals surface area (Å²) < 4.78 is 10.8. The highest BCUT2D eigenvalue weighted by molar-refractivity contribution is 5.45. The monoisotopic (exact) mass is 224 g/mol. The average molecular weight is 224 g/mol. The van der Waals surface area contributed by atoms with E-state index in [1.807, 2.05) is 55.5 Å². The fourth-order valence-electron chi connectivity index (χ4n) is 1.46. The molecule has 17 heavy (non-hydrogen) atoms. The molecule has 84 valence electrons. The molecule has 2 heteroatoms. The summed E-state index contributed by atoms with van der Waals surface area (Å²) in [5.74, 6) is 1.91. The molecular weight excluding hydrogens is 212 g/mol. The molecule has 0 aliphatic rings. The summed E-state index contributed by atoms with van der Waals surface area (Å²) in [4.78, 5) is 0. The Kier molecular flexibility index (Phi) is 3.32. The molecule has 2 aromatic rings. The van der Waals surface area contributed by atoms with E-state index in [4.69, 9.17) is 15.9 Å². The minimum absolute atomic E-state index is 0.552. The molecule has 0 bridgehead atoms. The summed E-state index contributed by atoms with van der Waals surface area (Å²) in [5, 5.41) is 0. The van der Waals surface area contributed by atoms with Crippen molar-refractivity contribution in [3.05, 3.63) is 54.1 Å². The van der Waals surface area contributed by atoms with Crippen LogP contribution in [0.3, 0.4) is 0 Å². The highest BCUT2D eigenvalue weighted by atomic mass is 16.5. The van der Waals surface area contributed by atoms with Gasteiger partial charge >= 0.3 is 0 Å². The van der Waals surface area contributed by atoms with Crippen molar-refractivity contribution in [3.8, 4) is 29.8 Å². The van der Waals surface area contributed by atoms with E-state index in [1.54, 1.807) is 0 Å². The first kappa shape index (κ1) is 11.1. The number of para-hydroxylation sites is 1. The zero-order chi connectivity index (χ0) is 12.1. The molecule has 0 aromatic heterocycles. The minimum atomic E-state index is 0.552. The third-order valence-electron chi connectivity index (χ3n) is 2.24.